The van der Waals surface area contributed by atoms with Gasteiger partial charge in [0.15, 0.2) is 6.10 Å². The fourth-order valence-corrected chi connectivity index (χ4v) is 1.43. The van der Waals surface area contributed by atoms with Crippen molar-refractivity contribution in [1.29, 1.82) is 0 Å². The molecular formula is C9H8BrF3O2. The zero-order valence-corrected chi connectivity index (χ0v) is 9.26. The minimum absolute atomic E-state index is 0.00537. The summed E-state index contributed by atoms with van der Waals surface area (Å²) in [6.45, 7) is 0. The Bertz CT molecular complexity index is 352. The minimum atomic E-state index is -4.69. The first-order valence-electron chi connectivity index (χ1n) is 3.94. The van der Waals surface area contributed by atoms with Crippen LogP contribution in [-0.2, 0) is 0 Å². The first kappa shape index (κ1) is 12.3. The van der Waals surface area contributed by atoms with Gasteiger partial charge in [-0.05, 0) is 12.1 Å². The van der Waals surface area contributed by atoms with E-state index in [0.717, 1.165) is 0 Å². The molecule has 0 aliphatic rings. The predicted octanol–water partition coefficient (Wildman–Crippen LogP) is 3.05. The molecule has 0 heterocycles. The van der Waals surface area contributed by atoms with Crippen molar-refractivity contribution in [2.75, 3.05) is 7.11 Å². The maximum Gasteiger partial charge on any atom is 0.418 e. The molecule has 84 valence electrons. The first-order valence-corrected chi connectivity index (χ1v) is 4.73. The summed E-state index contributed by atoms with van der Waals surface area (Å²) < 4.78 is 42.0. The highest BCUT2D eigenvalue weighted by atomic mass is 79.9. The van der Waals surface area contributed by atoms with Gasteiger partial charge in [-0.15, -0.1) is 0 Å². The standard InChI is InChI=1S/C9H8BrF3O2/c1-15-7-4-5(10)2-3-6(7)8(14)9(11,12)13/h2-4,8,14H,1H3/t8-/m1/s1. The van der Waals surface area contributed by atoms with Gasteiger partial charge < -0.3 is 9.84 Å². The van der Waals surface area contributed by atoms with Crippen LogP contribution in [0.5, 0.6) is 5.75 Å². The fourth-order valence-electron chi connectivity index (χ4n) is 1.09. The van der Waals surface area contributed by atoms with Gasteiger partial charge >= 0.3 is 6.18 Å². The van der Waals surface area contributed by atoms with Crippen LogP contribution in [0, 0.1) is 0 Å². The van der Waals surface area contributed by atoms with Gasteiger partial charge in [0.05, 0.1) is 7.11 Å². The molecule has 0 spiro atoms. The molecule has 1 rings (SSSR count). The van der Waals surface area contributed by atoms with Gasteiger partial charge in [-0.2, -0.15) is 13.2 Å². The number of rotatable bonds is 2. The summed E-state index contributed by atoms with van der Waals surface area (Å²) >= 11 is 3.09. The van der Waals surface area contributed by atoms with Crippen molar-refractivity contribution in [1.82, 2.24) is 0 Å². The highest BCUT2D eigenvalue weighted by Gasteiger charge is 2.40. The third-order valence-corrected chi connectivity index (χ3v) is 2.29. The lowest BCUT2D eigenvalue weighted by molar-refractivity contribution is -0.207. The topological polar surface area (TPSA) is 29.5 Å². The molecule has 6 heteroatoms. The molecule has 0 fully saturated rings. The first-order chi connectivity index (χ1) is 6.86. The third kappa shape index (κ3) is 2.85. The predicted molar refractivity (Wildman–Crippen MR) is 51.7 cm³/mol. The molecule has 1 atom stereocenters. The minimum Gasteiger partial charge on any atom is -0.496 e. The molecule has 0 unspecified atom stereocenters. The molecule has 0 aliphatic heterocycles. The van der Waals surface area contributed by atoms with Crippen LogP contribution >= 0.6 is 15.9 Å². The van der Waals surface area contributed by atoms with E-state index in [2.05, 4.69) is 15.9 Å². The van der Waals surface area contributed by atoms with Crippen LogP contribution in [0.15, 0.2) is 22.7 Å². The summed E-state index contributed by atoms with van der Waals surface area (Å²) in [5.41, 5.74) is -0.298. The second-order valence-electron chi connectivity index (χ2n) is 2.83. The average molecular weight is 285 g/mol. The third-order valence-electron chi connectivity index (χ3n) is 1.80. The Labute approximate surface area is 92.8 Å². The Hall–Kier alpha value is -0.750. The second kappa shape index (κ2) is 4.40. The van der Waals surface area contributed by atoms with Crippen molar-refractivity contribution in [2.45, 2.75) is 12.3 Å². The van der Waals surface area contributed by atoms with Crippen LogP contribution in [-0.4, -0.2) is 18.4 Å². The summed E-state index contributed by atoms with van der Waals surface area (Å²) in [7, 11) is 1.24. The van der Waals surface area contributed by atoms with Crippen LogP contribution in [0.25, 0.3) is 0 Å². The lowest BCUT2D eigenvalue weighted by Crippen LogP contribution is -2.20. The van der Waals surface area contributed by atoms with E-state index in [1.165, 1.54) is 25.3 Å². The highest BCUT2D eigenvalue weighted by molar-refractivity contribution is 9.10. The largest absolute Gasteiger partial charge is 0.496 e. The number of aliphatic hydroxyl groups is 1. The lowest BCUT2D eigenvalue weighted by atomic mass is 10.1. The number of ether oxygens (including phenoxy) is 1. The maximum atomic E-state index is 12.2. The maximum absolute atomic E-state index is 12.2. The number of hydrogen-bond acceptors (Lipinski definition) is 2. The fraction of sp³-hybridized carbons (Fsp3) is 0.333. The molecule has 15 heavy (non-hydrogen) atoms. The molecular weight excluding hydrogens is 277 g/mol. The quantitative estimate of drug-likeness (QED) is 0.905. The molecule has 0 amide bonds. The molecule has 0 saturated heterocycles. The molecule has 1 aromatic carbocycles. The van der Waals surface area contributed by atoms with Crippen LogP contribution in [0.3, 0.4) is 0 Å². The molecule has 1 N–H and O–H groups in total. The highest BCUT2D eigenvalue weighted by Crippen LogP contribution is 2.37. The van der Waals surface area contributed by atoms with E-state index in [1.807, 2.05) is 0 Å². The van der Waals surface area contributed by atoms with E-state index in [9.17, 15) is 13.2 Å². The number of aliphatic hydroxyl groups excluding tert-OH is 1. The SMILES string of the molecule is COc1cc(Br)ccc1[C@@H](O)C(F)(F)F. The Morgan fingerprint density at radius 3 is 2.47 bits per heavy atom. The number of benzene rings is 1. The summed E-state index contributed by atoms with van der Waals surface area (Å²) in [5, 5.41) is 9.04. The van der Waals surface area contributed by atoms with Crippen molar-refractivity contribution in [3.05, 3.63) is 28.2 Å². The van der Waals surface area contributed by atoms with Crippen molar-refractivity contribution in [3.8, 4) is 5.75 Å². The van der Waals surface area contributed by atoms with Gasteiger partial charge in [0, 0.05) is 10.0 Å². The molecule has 1 aromatic rings. The molecule has 0 bridgehead atoms. The summed E-state index contributed by atoms with van der Waals surface area (Å²) in [4.78, 5) is 0. The number of methoxy groups -OCH3 is 1. The summed E-state index contributed by atoms with van der Waals surface area (Å²) in [6.07, 6.45) is -7.22. The Morgan fingerprint density at radius 1 is 1.40 bits per heavy atom. The van der Waals surface area contributed by atoms with E-state index in [0.29, 0.717) is 4.47 Å². The van der Waals surface area contributed by atoms with Gasteiger partial charge in [0.2, 0.25) is 0 Å². The Kier molecular flexibility index (Phi) is 3.62. The van der Waals surface area contributed by atoms with E-state index in [-0.39, 0.29) is 11.3 Å². The van der Waals surface area contributed by atoms with Crippen molar-refractivity contribution in [3.63, 3.8) is 0 Å². The normalized spacial score (nSPS) is 13.7. The average Bonchev–Trinajstić information content (AvgIpc) is 2.15. The van der Waals surface area contributed by atoms with Gasteiger partial charge in [-0.1, -0.05) is 22.0 Å². The number of alkyl halides is 3. The second-order valence-corrected chi connectivity index (χ2v) is 3.75. The van der Waals surface area contributed by atoms with Gasteiger partial charge in [-0.25, -0.2) is 0 Å². The van der Waals surface area contributed by atoms with E-state index >= 15 is 0 Å². The van der Waals surface area contributed by atoms with Crippen LogP contribution in [0.2, 0.25) is 0 Å². The van der Waals surface area contributed by atoms with Gasteiger partial charge in [0.25, 0.3) is 0 Å². The van der Waals surface area contributed by atoms with Gasteiger partial charge in [-0.3, -0.25) is 0 Å². The van der Waals surface area contributed by atoms with Crippen molar-refractivity contribution in [2.24, 2.45) is 0 Å². The zero-order chi connectivity index (χ0) is 11.6. The summed E-state index contributed by atoms with van der Waals surface area (Å²) in [5.74, 6) is -0.00537. The van der Waals surface area contributed by atoms with Crippen LogP contribution in [0.4, 0.5) is 13.2 Å². The van der Waals surface area contributed by atoms with E-state index in [1.54, 1.807) is 0 Å². The van der Waals surface area contributed by atoms with Gasteiger partial charge in [0.1, 0.15) is 5.75 Å². The molecule has 0 aliphatic carbocycles. The Balaban J connectivity index is 3.14. The Morgan fingerprint density at radius 2 is 2.00 bits per heavy atom. The number of hydrogen-bond donors (Lipinski definition) is 1. The zero-order valence-electron chi connectivity index (χ0n) is 7.68. The molecule has 0 radical (unpaired) electrons. The summed E-state index contributed by atoms with van der Waals surface area (Å²) in [6, 6.07) is 3.94. The number of halogens is 4. The smallest absolute Gasteiger partial charge is 0.418 e. The lowest BCUT2D eigenvalue weighted by Gasteiger charge is -2.17. The van der Waals surface area contributed by atoms with E-state index < -0.39 is 12.3 Å². The van der Waals surface area contributed by atoms with Crippen molar-refractivity contribution >= 4 is 15.9 Å². The van der Waals surface area contributed by atoms with Crippen LogP contribution < -0.4 is 4.74 Å². The monoisotopic (exact) mass is 284 g/mol. The van der Waals surface area contributed by atoms with E-state index in [4.69, 9.17) is 9.84 Å². The molecule has 0 aromatic heterocycles. The van der Waals surface area contributed by atoms with Crippen LogP contribution in [0.1, 0.15) is 11.7 Å². The molecule has 0 saturated carbocycles. The van der Waals surface area contributed by atoms with Crippen molar-refractivity contribution < 1.29 is 23.0 Å². The molecule has 2 nitrogen and oxygen atoms in total.